The largest absolute Gasteiger partial charge is 0.330 e. The van der Waals surface area contributed by atoms with Gasteiger partial charge in [-0.05, 0) is 49.5 Å². The van der Waals surface area contributed by atoms with Crippen molar-refractivity contribution in [2.45, 2.75) is 65.7 Å². The van der Waals surface area contributed by atoms with Crippen molar-refractivity contribution >= 4 is 0 Å². The first kappa shape index (κ1) is 14.0. The van der Waals surface area contributed by atoms with E-state index in [4.69, 9.17) is 5.73 Å². The first-order chi connectivity index (χ1) is 7.69. The molecule has 96 valence electrons. The zero-order valence-corrected chi connectivity index (χ0v) is 11.5. The van der Waals surface area contributed by atoms with Crippen LogP contribution in [0.5, 0.6) is 0 Å². The zero-order chi connectivity index (χ0) is 12.0. The molecule has 1 heteroatoms. The topological polar surface area (TPSA) is 26.0 Å². The molecule has 0 aliphatic heterocycles. The van der Waals surface area contributed by atoms with Gasteiger partial charge in [-0.1, -0.05) is 46.5 Å². The molecule has 0 radical (unpaired) electrons. The van der Waals surface area contributed by atoms with Crippen LogP contribution in [0.15, 0.2) is 0 Å². The van der Waals surface area contributed by atoms with Crippen molar-refractivity contribution in [1.29, 1.82) is 0 Å². The SMILES string of the molecule is CCC(CCCC1CC1CCCN)C(C)C. The van der Waals surface area contributed by atoms with Crippen LogP contribution in [0.2, 0.25) is 0 Å². The molecular weight excluding hydrogens is 194 g/mol. The quantitative estimate of drug-likeness (QED) is 0.625. The fraction of sp³-hybridized carbons (Fsp3) is 1.00. The van der Waals surface area contributed by atoms with Crippen LogP contribution in [-0.4, -0.2) is 6.54 Å². The Hall–Kier alpha value is -0.0400. The fourth-order valence-corrected chi connectivity index (χ4v) is 3.05. The van der Waals surface area contributed by atoms with Crippen molar-refractivity contribution in [2.75, 3.05) is 6.54 Å². The van der Waals surface area contributed by atoms with Crippen LogP contribution in [-0.2, 0) is 0 Å². The molecule has 0 spiro atoms. The van der Waals surface area contributed by atoms with Crippen LogP contribution in [0, 0.1) is 23.7 Å². The summed E-state index contributed by atoms with van der Waals surface area (Å²) in [7, 11) is 0. The maximum absolute atomic E-state index is 5.54. The first-order valence-corrected chi connectivity index (χ1v) is 7.39. The molecule has 0 bridgehead atoms. The van der Waals surface area contributed by atoms with Gasteiger partial charge in [0.05, 0.1) is 0 Å². The summed E-state index contributed by atoms with van der Waals surface area (Å²) in [6.45, 7) is 7.96. The van der Waals surface area contributed by atoms with Gasteiger partial charge >= 0.3 is 0 Å². The third kappa shape index (κ3) is 4.86. The molecule has 1 rings (SSSR count). The lowest BCUT2D eigenvalue weighted by atomic mass is 9.88. The highest BCUT2D eigenvalue weighted by atomic mass is 14.5. The number of rotatable bonds is 9. The second kappa shape index (κ2) is 7.32. The van der Waals surface area contributed by atoms with Gasteiger partial charge in [-0.2, -0.15) is 0 Å². The molecule has 0 amide bonds. The van der Waals surface area contributed by atoms with E-state index in [0.717, 1.165) is 30.2 Å². The predicted octanol–water partition coefficient (Wildman–Crippen LogP) is 4.21. The van der Waals surface area contributed by atoms with Crippen LogP contribution in [0.4, 0.5) is 0 Å². The monoisotopic (exact) mass is 225 g/mol. The van der Waals surface area contributed by atoms with Gasteiger partial charge in [0.25, 0.3) is 0 Å². The zero-order valence-electron chi connectivity index (χ0n) is 11.5. The summed E-state index contributed by atoms with van der Waals surface area (Å²) in [6.07, 6.45) is 9.89. The summed E-state index contributed by atoms with van der Waals surface area (Å²) in [6, 6.07) is 0. The number of hydrogen-bond acceptors (Lipinski definition) is 1. The summed E-state index contributed by atoms with van der Waals surface area (Å²) >= 11 is 0. The maximum atomic E-state index is 5.54. The smallest absolute Gasteiger partial charge is 0.00772 e. The van der Waals surface area contributed by atoms with E-state index in [1.54, 1.807) is 0 Å². The van der Waals surface area contributed by atoms with E-state index in [0.29, 0.717) is 0 Å². The van der Waals surface area contributed by atoms with Gasteiger partial charge in [-0.15, -0.1) is 0 Å². The highest BCUT2D eigenvalue weighted by Gasteiger charge is 2.35. The highest BCUT2D eigenvalue weighted by molar-refractivity contribution is 4.86. The molecule has 16 heavy (non-hydrogen) atoms. The lowest BCUT2D eigenvalue weighted by molar-refractivity contribution is 0.333. The molecule has 1 aliphatic carbocycles. The summed E-state index contributed by atoms with van der Waals surface area (Å²) in [5.74, 6) is 3.94. The van der Waals surface area contributed by atoms with Crippen molar-refractivity contribution in [3.8, 4) is 0 Å². The fourth-order valence-electron chi connectivity index (χ4n) is 3.05. The summed E-state index contributed by atoms with van der Waals surface area (Å²) in [5, 5.41) is 0. The summed E-state index contributed by atoms with van der Waals surface area (Å²) in [5.41, 5.74) is 5.54. The minimum Gasteiger partial charge on any atom is -0.330 e. The lowest BCUT2D eigenvalue weighted by Crippen LogP contribution is -2.07. The third-order valence-corrected chi connectivity index (χ3v) is 4.47. The number of hydrogen-bond donors (Lipinski definition) is 1. The standard InChI is InChI=1S/C15H31N/c1-4-13(12(2)3)7-5-8-14-11-15(14)9-6-10-16/h12-15H,4-11,16H2,1-3H3. The average Bonchev–Trinajstić information content (AvgIpc) is 2.99. The van der Waals surface area contributed by atoms with Crippen LogP contribution in [0.25, 0.3) is 0 Å². The summed E-state index contributed by atoms with van der Waals surface area (Å²) in [4.78, 5) is 0. The van der Waals surface area contributed by atoms with E-state index < -0.39 is 0 Å². The van der Waals surface area contributed by atoms with Crippen molar-refractivity contribution in [3.05, 3.63) is 0 Å². The van der Waals surface area contributed by atoms with E-state index in [1.807, 2.05) is 0 Å². The normalized spacial score (nSPS) is 26.1. The van der Waals surface area contributed by atoms with Gasteiger partial charge in [-0.3, -0.25) is 0 Å². The van der Waals surface area contributed by atoms with E-state index in [2.05, 4.69) is 20.8 Å². The Labute approximate surface area is 102 Å². The van der Waals surface area contributed by atoms with Crippen molar-refractivity contribution in [3.63, 3.8) is 0 Å². The second-order valence-corrected chi connectivity index (χ2v) is 6.03. The van der Waals surface area contributed by atoms with Gasteiger partial charge < -0.3 is 5.73 Å². The minimum atomic E-state index is 0.872. The Morgan fingerprint density at radius 3 is 2.25 bits per heavy atom. The Morgan fingerprint density at radius 1 is 1.12 bits per heavy atom. The van der Waals surface area contributed by atoms with Crippen molar-refractivity contribution in [2.24, 2.45) is 29.4 Å². The average molecular weight is 225 g/mol. The Bertz CT molecular complexity index is 176. The van der Waals surface area contributed by atoms with Gasteiger partial charge in [-0.25, -0.2) is 0 Å². The Balaban J connectivity index is 2.00. The molecule has 0 aromatic heterocycles. The third-order valence-electron chi connectivity index (χ3n) is 4.47. The van der Waals surface area contributed by atoms with Crippen LogP contribution in [0.3, 0.4) is 0 Å². The molecular formula is C15H31N. The van der Waals surface area contributed by atoms with Gasteiger partial charge in [0.1, 0.15) is 0 Å². The van der Waals surface area contributed by atoms with Crippen molar-refractivity contribution in [1.82, 2.24) is 0 Å². The molecule has 0 heterocycles. The van der Waals surface area contributed by atoms with E-state index in [-0.39, 0.29) is 0 Å². The van der Waals surface area contributed by atoms with Gasteiger partial charge in [0.2, 0.25) is 0 Å². The van der Waals surface area contributed by atoms with Crippen LogP contribution < -0.4 is 5.73 Å². The molecule has 0 aromatic rings. The molecule has 3 atom stereocenters. The summed E-state index contributed by atoms with van der Waals surface area (Å²) < 4.78 is 0. The van der Waals surface area contributed by atoms with Crippen LogP contribution in [0.1, 0.15) is 65.7 Å². The van der Waals surface area contributed by atoms with Gasteiger partial charge in [0, 0.05) is 0 Å². The second-order valence-electron chi connectivity index (χ2n) is 6.03. The van der Waals surface area contributed by atoms with Crippen molar-refractivity contribution < 1.29 is 0 Å². The Kier molecular flexibility index (Phi) is 6.41. The molecule has 1 nitrogen and oxygen atoms in total. The molecule has 1 saturated carbocycles. The van der Waals surface area contributed by atoms with Gasteiger partial charge in [0.15, 0.2) is 0 Å². The lowest BCUT2D eigenvalue weighted by Gasteiger charge is -2.18. The Morgan fingerprint density at radius 2 is 1.75 bits per heavy atom. The molecule has 1 aliphatic rings. The molecule has 2 N–H and O–H groups in total. The van der Waals surface area contributed by atoms with E-state index >= 15 is 0 Å². The van der Waals surface area contributed by atoms with E-state index in [9.17, 15) is 0 Å². The minimum absolute atomic E-state index is 0.872. The molecule has 0 aromatic carbocycles. The maximum Gasteiger partial charge on any atom is -0.00772 e. The number of nitrogens with two attached hydrogens (primary N) is 1. The molecule has 1 fully saturated rings. The predicted molar refractivity (Wildman–Crippen MR) is 72.4 cm³/mol. The first-order valence-electron chi connectivity index (χ1n) is 7.39. The molecule has 3 unspecified atom stereocenters. The van der Waals surface area contributed by atoms with Crippen LogP contribution >= 0.6 is 0 Å². The molecule has 0 saturated heterocycles. The highest BCUT2D eigenvalue weighted by Crippen LogP contribution is 2.45. The van der Waals surface area contributed by atoms with E-state index in [1.165, 1.54) is 44.9 Å².